The van der Waals surface area contributed by atoms with E-state index in [2.05, 4.69) is 10.6 Å². The average Bonchev–Trinajstić information content (AvgIpc) is 2.57. The molecule has 3 rings (SSSR count). The highest BCUT2D eigenvalue weighted by Crippen LogP contribution is 2.30. The van der Waals surface area contributed by atoms with Crippen LogP contribution in [0.4, 0.5) is 5.69 Å². The van der Waals surface area contributed by atoms with Crippen LogP contribution in [0, 0.1) is 0 Å². The molecule has 0 aliphatic carbocycles. The van der Waals surface area contributed by atoms with E-state index in [1.165, 1.54) is 12.1 Å². The Bertz CT molecular complexity index is 747. The van der Waals surface area contributed by atoms with Crippen LogP contribution in [0.1, 0.15) is 15.9 Å². The number of carbonyl (C=O) groups excluding carboxylic acids is 2. The van der Waals surface area contributed by atoms with Crippen molar-refractivity contribution in [2.24, 2.45) is 0 Å². The SMILES string of the molecule is O=C1NC(Cc2ccccc2)C(=O)Nc2cc(Cl)cc(Cl)c21. The summed E-state index contributed by atoms with van der Waals surface area (Å²) in [5.41, 5.74) is 1.52. The Morgan fingerprint density at radius 3 is 2.50 bits per heavy atom. The van der Waals surface area contributed by atoms with Gasteiger partial charge in [-0.15, -0.1) is 0 Å². The maximum Gasteiger partial charge on any atom is 0.255 e. The van der Waals surface area contributed by atoms with Gasteiger partial charge in [-0.1, -0.05) is 53.5 Å². The molecule has 6 heteroatoms. The van der Waals surface area contributed by atoms with E-state index >= 15 is 0 Å². The number of carbonyl (C=O) groups is 2. The molecule has 0 saturated heterocycles. The van der Waals surface area contributed by atoms with E-state index < -0.39 is 11.9 Å². The molecule has 2 N–H and O–H groups in total. The number of anilines is 1. The fourth-order valence-corrected chi connectivity index (χ4v) is 2.99. The number of hydrogen-bond acceptors (Lipinski definition) is 2. The van der Waals surface area contributed by atoms with Gasteiger partial charge in [0.05, 0.1) is 16.3 Å². The Hall–Kier alpha value is -2.04. The molecular formula is C16H12Cl2N2O2. The molecule has 4 nitrogen and oxygen atoms in total. The van der Waals surface area contributed by atoms with Crippen LogP contribution in [0.3, 0.4) is 0 Å². The quantitative estimate of drug-likeness (QED) is 0.885. The zero-order chi connectivity index (χ0) is 15.7. The zero-order valence-electron chi connectivity index (χ0n) is 11.4. The van der Waals surface area contributed by atoms with Crippen molar-refractivity contribution < 1.29 is 9.59 Å². The summed E-state index contributed by atoms with van der Waals surface area (Å²) < 4.78 is 0. The van der Waals surface area contributed by atoms with Crippen LogP contribution in [0.25, 0.3) is 0 Å². The highest BCUT2D eigenvalue weighted by Gasteiger charge is 2.29. The summed E-state index contributed by atoms with van der Waals surface area (Å²) in [6.07, 6.45) is 0.401. The van der Waals surface area contributed by atoms with Crippen molar-refractivity contribution >= 4 is 40.7 Å². The lowest BCUT2D eigenvalue weighted by Crippen LogP contribution is -2.42. The van der Waals surface area contributed by atoms with Gasteiger partial charge in [0.1, 0.15) is 6.04 Å². The van der Waals surface area contributed by atoms with Crippen molar-refractivity contribution in [2.45, 2.75) is 12.5 Å². The van der Waals surface area contributed by atoms with Gasteiger partial charge in [-0.3, -0.25) is 9.59 Å². The molecule has 1 heterocycles. The number of nitrogens with one attached hydrogen (secondary N) is 2. The van der Waals surface area contributed by atoms with Gasteiger partial charge in [0.25, 0.3) is 5.91 Å². The Morgan fingerprint density at radius 1 is 1.05 bits per heavy atom. The highest BCUT2D eigenvalue weighted by atomic mass is 35.5. The van der Waals surface area contributed by atoms with Crippen molar-refractivity contribution in [1.82, 2.24) is 5.32 Å². The normalized spacial score (nSPS) is 17.3. The van der Waals surface area contributed by atoms with Gasteiger partial charge < -0.3 is 10.6 Å². The minimum Gasteiger partial charge on any atom is -0.340 e. The number of fused-ring (bicyclic) bond motifs is 1. The maximum absolute atomic E-state index is 12.4. The Balaban J connectivity index is 1.92. The summed E-state index contributed by atoms with van der Waals surface area (Å²) in [6, 6.07) is 11.8. The molecule has 112 valence electrons. The second-order valence-electron chi connectivity index (χ2n) is 5.02. The Labute approximate surface area is 137 Å². The molecule has 0 fully saturated rings. The molecule has 2 amide bonds. The van der Waals surface area contributed by atoms with Crippen LogP contribution in [-0.4, -0.2) is 17.9 Å². The summed E-state index contributed by atoms with van der Waals surface area (Å²) in [5.74, 6) is -0.690. The van der Waals surface area contributed by atoms with E-state index in [1.54, 1.807) is 0 Å². The van der Waals surface area contributed by atoms with Gasteiger partial charge in [0, 0.05) is 11.4 Å². The summed E-state index contributed by atoms with van der Waals surface area (Å²) in [5, 5.41) is 6.00. The summed E-state index contributed by atoms with van der Waals surface area (Å²) in [7, 11) is 0. The number of halogens is 2. The fraction of sp³-hybridized carbons (Fsp3) is 0.125. The maximum atomic E-state index is 12.4. The topological polar surface area (TPSA) is 58.2 Å². The predicted octanol–water partition coefficient (Wildman–Crippen LogP) is 3.29. The molecule has 2 aromatic rings. The van der Waals surface area contributed by atoms with Crippen molar-refractivity contribution in [1.29, 1.82) is 0 Å². The molecule has 0 saturated carbocycles. The van der Waals surface area contributed by atoms with Gasteiger partial charge >= 0.3 is 0 Å². The molecule has 0 radical (unpaired) electrons. The predicted molar refractivity (Wildman–Crippen MR) is 86.5 cm³/mol. The van der Waals surface area contributed by atoms with Crippen molar-refractivity contribution in [3.05, 3.63) is 63.6 Å². The van der Waals surface area contributed by atoms with Crippen LogP contribution in [0.15, 0.2) is 42.5 Å². The molecule has 1 aliphatic rings. The number of hydrogen-bond donors (Lipinski definition) is 2. The lowest BCUT2D eigenvalue weighted by Gasteiger charge is -2.14. The van der Waals surface area contributed by atoms with Crippen LogP contribution in [0.5, 0.6) is 0 Å². The molecule has 2 aromatic carbocycles. The summed E-state index contributed by atoms with van der Waals surface area (Å²) >= 11 is 12.0. The van der Waals surface area contributed by atoms with Crippen LogP contribution in [-0.2, 0) is 11.2 Å². The van der Waals surface area contributed by atoms with E-state index in [9.17, 15) is 9.59 Å². The van der Waals surface area contributed by atoms with E-state index in [4.69, 9.17) is 23.2 Å². The number of rotatable bonds is 2. The van der Waals surface area contributed by atoms with E-state index in [0.29, 0.717) is 17.1 Å². The lowest BCUT2D eigenvalue weighted by atomic mass is 10.1. The molecule has 0 aromatic heterocycles. The van der Waals surface area contributed by atoms with E-state index in [0.717, 1.165) is 5.56 Å². The van der Waals surface area contributed by atoms with Crippen LogP contribution < -0.4 is 10.6 Å². The Kier molecular flexibility index (Phi) is 4.05. The first-order chi connectivity index (χ1) is 10.5. The van der Waals surface area contributed by atoms with Gasteiger partial charge in [0.2, 0.25) is 5.91 Å². The minimum absolute atomic E-state index is 0.209. The third-order valence-corrected chi connectivity index (χ3v) is 3.96. The highest BCUT2D eigenvalue weighted by molar-refractivity contribution is 6.38. The molecule has 1 unspecified atom stereocenters. The van der Waals surface area contributed by atoms with Crippen LogP contribution >= 0.6 is 23.2 Å². The third kappa shape index (κ3) is 2.93. The lowest BCUT2D eigenvalue weighted by molar-refractivity contribution is -0.117. The first-order valence-electron chi connectivity index (χ1n) is 6.69. The van der Waals surface area contributed by atoms with Gasteiger partial charge in [-0.2, -0.15) is 0 Å². The van der Waals surface area contributed by atoms with Gasteiger partial charge in [0.15, 0.2) is 0 Å². The molecule has 0 bridgehead atoms. The standard InChI is InChI=1S/C16H12Cl2N2O2/c17-10-7-11(18)14-12(8-10)19-15(21)13(20-16(14)22)6-9-4-2-1-3-5-9/h1-5,7-8,13H,6H2,(H,19,21)(H,20,22). The number of benzene rings is 2. The average molecular weight is 335 g/mol. The summed E-state index contributed by atoms with van der Waals surface area (Å²) in [6.45, 7) is 0. The summed E-state index contributed by atoms with van der Waals surface area (Å²) in [4.78, 5) is 24.7. The van der Waals surface area contributed by atoms with E-state index in [-0.39, 0.29) is 16.5 Å². The molecule has 0 spiro atoms. The van der Waals surface area contributed by atoms with E-state index in [1.807, 2.05) is 30.3 Å². The molecular weight excluding hydrogens is 323 g/mol. The molecule has 22 heavy (non-hydrogen) atoms. The monoisotopic (exact) mass is 334 g/mol. The van der Waals surface area contributed by atoms with Crippen LogP contribution in [0.2, 0.25) is 10.0 Å². The number of amides is 2. The second-order valence-corrected chi connectivity index (χ2v) is 5.86. The largest absolute Gasteiger partial charge is 0.340 e. The minimum atomic E-state index is -0.669. The smallest absolute Gasteiger partial charge is 0.255 e. The third-order valence-electron chi connectivity index (χ3n) is 3.44. The van der Waals surface area contributed by atoms with Gasteiger partial charge in [-0.25, -0.2) is 0 Å². The first-order valence-corrected chi connectivity index (χ1v) is 7.45. The zero-order valence-corrected chi connectivity index (χ0v) is 12.9. The Morgan fingerprint density at radius 2 is 1.77 bits per heavy atom. The fourth-order valence-electron chi connectivity index (χ4n) is 2.41. The van der Waals surface area contributed by atoms with Crippen molar-refractivity contribution in [2.75, 3.05) is 5.32 Å². The van der Waals surface area contributed by atoms with Crippen molar-refractivity contribution in [3.8, 4) is 0 Å². The van der Waals surface area contributed by atoms with Gasteiger partial charge in [-0.05, 0) is 17.7 Å². The second kappa shape index (κ2) is 5.99. The molecule has 1 atom stereocenters. The molecule has 1 aliphatic heterocycles. The van der Waals surface area contributed by atoms with Crippen molar-refractivity contribution in [3.63, 3.8) is 0 Å². The first kappa shape index (κ1) is 14.9.